The van der Waals surface area contributed by atoms with E-state index >= 15 is 0 Å². The van der Waals surface area contributed by atoms with Crippen LogP contribution in [-0.2, 0) is 4.74 Å². The van der Waals surface area contributed by atoms with E-state index in [1.807, 2.05) is 0 Å². The highest BCUT2D eigenvalue weighted by molar-refractivity contribution is 4.84. The van der Waals surface area contributed by atoms with E-state index in [0.717, 1.165) is 31.3 Å². The molecule has 1 saturated carbocycles. The Labute approximate surface area is 118 Å². The lowest BCUT2D eigenvalue weighted by Crippen LogP contribution is -2.44. The van der Waals surface area contributed by atoms with Crippen molar-refractivity contribution in [2.24, 2.45) is 11.8 Å². The van der Waals surface area contributed by atoms with Gasteiger partial charge in [0.15, 0.2) is 0 Å². The summed E-state index contributed by atoms with van der Waals surface area (Å²) in [5.41, 5.74) is 0. The molecular weight excluding hydrogens is 238 g/mol. The van der Waals surface area contributed by atoms with E-state index in [4.69, 9.17) is 4.74 Å². The third-order valence-corrected chi connectivity index (χ3v) is 4.91. The molecule has 0 spiro atoms. The fourth-order valence-electron chi connectivity index (χ4n) is 3.70. The Morgan fingerprint density at radius 3 is 2.58 bits per heavy atom. The van der Waals surface area contributed by atoms with Crippen LogP contribution in [0.4, 0.5) is 0 Å². The Morgan fingerprint density at radius 2 is 1.89 bits per heavy atom. The average molecular weight is 269 g/mol. The van der Waals surface area contributed by atoms with Gasteiger partial charge >= 0.3 is 0 Å². The van der Waals surface area contributed by atoms with E-state index in [9.17, 15) is 5.11 Å². The van der Waals surface area contributed by atoms with Crippen molar-refractivity contribution in [3.8, 4) is 0 Å². The summed E-state index contributed by atoms with van der Waals surface area (Å²) < 4.78 is 5.56. The molecule has 3 nitrogen and oxygen atoms in total. The Balaban J connectivity index is 1.80. The molecular formula is C16H31NO2. The molecule has 2 rings (SSSR count). The van der Waals surface area contributed by atoms with Crippen molar-refractivity contribution in [2.75, 3.05) is 13.2 Å². The second-order valence-electron chi connectivity index (χ2n) is 6.68. The van der Waals surface area contributed by atoms with E-state index in [1.54, 1.807) is 0 Å². The minimum Gasteiger partial charge on any atom is -0.389 e. The van der Waals surface area contributed by atoms with Gasteiger partial charge in [-0.05, 0) is 37.5 Å². The predicted molar refractivity (Wildman–Crippen MR) is 78.2 cm³/mol. The van der Waals surface area contributed by atoms with Crippen LogP contribution in [-0.4, -0.2) is 36.5 Å². The summed E-state index contributed by atoms with van der Waals surface area (Å²) in [5.74, 6) is 1.50. The molecule has 1 heterocycles. The molecule has 1 aliphatic carbocycles. The van der Waals surface area contributed by atoms with Crippen molar-refractivity contribution in [2.45, 2.75) is 77.0 Å². The summed E-state index contributed by atoms with van der Waals surface area (Å²) in [6, 6.07) is 0.582. The number of rotatable bonds is 5. The van der Waals surface area contributed by atoms with Crippen LogP contribution in [0.5, 0.6) is 0 Å². The monoisotopic (exact) mass is 269 g/mol. The molecule has 0 bridgehead atoms. The normalized spacial score (nSPS) is 34.4. The third-order valence-electron chi connectivity index (χ3n) is 4.91. The van der Waals surface area contributed by atoms with Gasteiger partial charge in [-0.15, -0.1) is 0 Å². The van der Waals surface area contributed by atoms with Crippen LogP contribution in [0.1, 0.15) is 58.8 Å². The third kappa shape index (κ3) is 4.44. The van der Waals surface area contributed by atoms with E-state index in [1.165, 1.54) is 32.1 Å². The van der Waals surface area contributed by atoms with E-state index in [0.29, 0.717) is 12.6 Å². The van der Waals surface area contributed by atoms with Crippen molar-refractivity contribution in [3.63, 3.8) is 0 Å². The Kier molecular flexibility index (Phi) is 6.11. The molecule has 0 aromatic carbocycles. The average Bonchev–Trinajstić information content (AvgIpc) is 2.81. The smallest absolute Gasteiger partial charge is 0.0925 e. The number of aliphatic hydroxyl groups excluding tert-OH is 1. The van der Waals surface area contributed by atoms with Gasteiger partial charge in [0, 0.05) is 19.2 Å². The second-order valence-corrected chi connectivity index (χ2v) is 6.68. The van der Waals surface area contributed by atoms with Crippen LogP contribution >= 0.6 is 0 Å². The number of ether oxygens (including phenoxy) is 1. The van der Waals surface area contributed by atoms with Crippen LogP contribution in [0, 0.1) is 11.8 Å². The maximum atomic E-state index is 10.2. The Morgan fingerprint density at radius 1 is 1.11 bits per heavy atom. The van der Waals surface area contributed by atoms with Crippen molar-refractivity contribution in [1.29, 1.82) is 0 Å². The van der Waals surface area contributed by atoms with Gasteiger partial charge in [-0.3, -0.25) is 0 Å². The minimum atomic E-state index is -0.335. The molecule has 0 aromatic heterocycles. The van der Waals surface area contributed by atoms with Gasteiger partial charge in [0.1, 0.15) is 0 Å². The zero-order chi connectivity index (χ0) is 13.7. The van der Waals surface area contributed by atoms with E-state index in [2.05, 4.69) is 19.2 Å². The Bertz CT molecular complexity index is 251. The number of hydrogen-bond acceptors (Lipinski definition) is 3. The van der Waals surface area contributed by atoms with Gasteiger partial charge in [0.25, 0.3) is 0 Å². The highest BCUT2D eigenvalue weighted by Gasteiger charge is 2.28. The van der Waals surface area contributed by atoms with E-state index < -0.39 is 0 Å². The van der Waals surface area contributed by atoms with Crippen molar-refractivity contribution in [1.82, 2.24) is 5.32 Å². The first-order chi connectivity index (χ1) is 9.18. The summed E-state index contributed by atoms with van der Waals surface area (Å²) in [7, 11) is 0. The molecule has 1 saturated heterocycles. The maximum Gasteiger partial charge on any atom is 0.0925 e. The molecule has 2 aliphatic rings. The fraction of sp³-hybridized carbons (Fsp3) is 1.00. The van der Waals surface area contributed by atoms with Crippen LogP contribution in [0.15, 0.2) is 0 Å². The standard InChI is InChI=1S/C16H31NO2/c1-12(2)13-7-4-3-5-8-14(13)17-11-15(18)16-9-6-10-19-16/h12-18H,3-11H2,1-2H3. The second kappa shape index (κ2) is 7.61. The van der Waals surface area contributed by atoms with Gasteiger partial charge < -0.3 is 15.2 Å². The molecule has 112 valence electrons. The first kappa shape index (κ1) is 15.3. The lowest BCUT2D eigenvalue weighted by atomic mass is 9.84. The summed E-state index contributed by atoms with van der Waals surface area (Å²) in [6.45, 7) is 6.18. The van der Waals surface area contributed by atoms with Crippen LogP contribution in [0.2, 0.25) is 0 Å². The molecule has 0 amide bonds. The van der Waals surface area contributed by atoms with Crippen LogP contribution in [0.25, 0.3) is 0 Å². The molecule has 0 radical (unpaired) electrons. The molecule has 2 N–H and O–H groups in total. The molecule has 4 atom stereocenters. The predicted octanol–water partition coefficient (Wildman–Crippen LogP) is 2.72. The summed E-state index contributed by atoms with van der Waals surface area (Å²) >= 11 is 0. The first-order valence-electron chi connectivity index (χ1n) is 8.21. The zero-order valence-corrected chi connectivity index (χ0v) is 12.6. The van der Waals surface area contributed by atoms with Gasteiger partial charge in [0.2, 0.25) is 0 Å². The lowest BCUT2D eigenvalue weighted by molar-refractivity contribution is -0.00310. The fourth-order valence-corrected chi connectivity index (χ4v) is 3.70. The summed E-state index contributed by atoms with van der Waals surface area (Å²) in [4.78, 5) is 0. The lowest BCUT2D eigenvalue weighted by Gasteiger charge is -2.31. The number of aliphatic hydroxyl groups is 1. The molecule has 2 fully saturated rings. The van der Waals surface area contributed by atoms with Gasteiger partial charge in [-0.2, -0.15) is 0 Å². The van der Waals surface area contributed by atoms with Gasteiger partial charge in [-0.25, -0.2) is 0 Å². The Hall–Kier alpha value is -0.120. The zero-order valence-electron chi connectivity index (χ0n) is 12.6. The molecule has 1 aliphatic heterocycles. The largest absolute Gasteiger partial charge is 0.389 e. The van der Waals surface area contributed by atoms with Crippen LogP contribution in [0.3, 0.4) is 0 Å². The first-order valence-corrected chi connectivity index (χ1v) is 8.21. The number of nitrogens with one attached hydrogen (secondary N) is 1. The SMILES string of the molecule is CC(C)C1CCCCCC1NCC(O)C1CCCO1. The van der Waals surface area contributed by atoms with Gasteiger partial charge in [-0.1, -0.05) is 33.1 Å². The molecule has 4 unspecified atom stereocenters. The summed E-state index contributed by atoms with van der Waals surface area (Å²) in [6.07, 6.45) is 8.52. The van der Waals surface area contributed by atoms with Crippen molar-refractivity contribution in [3.05, 3.63) is 0 Å². The van der Waals surface area contributed by atoms with E-state index in [-0.39, 0.29) is 12.2 Å². The molecule has 19 heavy (non-hydrogen) atoms. The van der Waals surface area contributed by atoms with Crippen molar-refractivity contribution >= 4 is 0 Å². The molecule has 0 aromatic rings. The quantitative estimate of drug-likeness (QED) is 0.754. The van der Waals surface area contributed by atoms with Gasteiger partial charge in [0.05, 0.1) is 12.2 Å². The minimum absolute atomic E-state index is 0.0655. The highest BCUT2D eigenvalue weighted by Crippen LogP contribution is 2.29. The topological polar surface area (TPSA) is 41.5 Å². The van der Waals surface area contributed by atoms with Crippen molar-refractivity contribution < 1.29 is 9.84 Å². The summed E-state index contributed by atoms with van der Waals surface area (Å²) in [5, 5.41) is 13.8. The maximum absolute atomic E-state index is 10.2. The highest BCUT2D eigenvalue weighted by atomic mass is 16.5. The number of hydrogen-bond donors (Lipinski definition) is 2. The van der Waals surface area contributed by atoms with Crippen LogP contribution < -0.4 is 5.32 Å². The molecule has 3 heteroatoms.